The Balaban J connectivity index is 1.87. The fourth-order valence-electron chi connectivity index (χ4n) is 2.33. The van der Waals surface area contributed by atoms with E-state index in [9.17, 15) is 0 Å². The standard InChI is InChI=1S/C11H16N2O2/c1-2-5-15-11(3-1)13-10-4-6-14-8-9(10)7-12-13/h7,11H,1-6,8H2. The van der Waals surface area contributed by atoms with Gasteiger partial charge < -0.3 is 9.47 Å². The van der Waals surface area contributed by atoms with Gasteiger partial charge in [0.1, 0.15) is 6.23 Å². The zero-order valence-corrected chi connectivity index (χ0v) is 8.82. The van der Waals surface area contributed by atoms with E-state index in [1.807, 2.05) is 6.20 Å². The van der Waals surface area contributed by atoms with Crippen molar-refractivity contribution < 1.29 is 9.47 Å². The second-order valence-electron chi connectivity index (χ2n) is 4.18. The summed E-state index contributed by atoms with van der Waals surface area (Å²) in [6, 6.07) is 0. The molecule has 1 saturated heterocycles. The summed E-state index contributed by atoms with van der Waals surface area (Å²) in [5, 5.41) is 4.43. The number of rotatable bonds is 1. The zero-order chi connectivity index (χ0) is 10.1. The molecule has 4 nitrogen and oxygen atoms in total. The molecule has 2 aliphatic heterocycles. The van der Waals surface area contributed by atoms with Crippen LogP contribution in [0, 0.1) is 0 Å². The summed E-state index contributed by atoms with van der Waals surface area (Å²) in [7, 11) is 0. The average Bonchev–Trinajstić information content (AvgIpc) is 2.74. The Bertz CT molecular complexity index is 342. The number of hydrogen-bond donors (Lipinski definition) is 0. The maximum atomic E-state index is 5.75. The van der Waals surface area contributed by atoms with Crippen LogP contribution in [0.1, 0.15) is 36.7 Å². The fraction of sp³-hybridized carbons (Fsp3) is 0.727. The minimum absolute atomic E-state index is 0.167. The van der Waals surface area contributed by atoms with Crippen molar-refractivity contribution in [3.63, 3.8) is 0 Å². The molecule has 0 saturated carbocycles. The van der Waals surface area contributed by atoms with Crippen LogP contribution < -0.4 is 0 Å². The van der Waals surface area contributed by atoms with Crippen LogP contribution in [0.5, 0.6) is 0 Å². The van der Waals surface area contributed by atoms with Gasteiger partial charge in [0, 0.05) is 24.3 Å². The first-order chi connectivity index (χ1) is 7.45. The lowest BCUT2D eigenvalue weighted by atomic mass is 10.1. The summed E-state index contributed by atoms with van der Waals surface area (Å²) in [6.07, 6.45) is 6.58. The lowest BCUT2D eigenvalue weighted by Gasteiger charge is -2.25. The van der Waals surface area contributed by atoms with Crippen molar-refractivity contribution in [3.05, 3.63) is 17.5 Å². The van der Waals surface area contributed by atoms with Crippen LogP contribution in [0.15, 0.2) is 6.20 Å². The molecule has 0 radical (unpaired) electrons. The van der Waals surface area contributed by atoms with Gasteiger partial charge in [0.25, 0.3) is 0 Å². The van der Waals surface area contributed by atoms with Crippen LogP contribution in [-0.2, 0) is 22.5 Å². The molecule has 0 N–H and O–H groups in total. The van der Waals surface area contributed by atoms with E-state index in [1.54, 1.807) is 0 Å². The van der Waals surface area contributed by atoms with Gasteiger partial charge in [-0.3, -0.25) is 0 Å². The number of nitrogens with zero attached hydrogens (tertiary/aromatic N) is 2. The summed E-state index contributed by atoms with van der Waals surface area (Å²) >= 11 is 0. The number of aromatic nitrogens is 2. The first-order valence-corrected chi connectivity index (χ1v) is 5.70. The molecule has 1 aromatic heterocycles. The molecule has 0 aliphatic carbocycles. The van der Waals surface area contributed by atoms with Crippen molar-refractivity contribution in [3.8, 4) is 0 Å². The molecule has 1 unspecified atom stereocenters. The van der Waals surface area contributed by atoms with E-state index in [1.165, 1.54) is 24.1 Å². The van der Waals surface area contributed by atoms with Crippen LogP contribution in [-0.4, -0.2) is 23.0 Å². The molecule has 4 heteroatoms. The lowest BCUT2D eigenvalue weighted by Crippen LogP contribution is -2.23. The largest absolute Gasteiger partial charge is 0.376 e. The van der Waals surface area contributed by atoms with Gasteiger partial charge in [-0.25, -0.2) is 4.68 Å². The third-order valence-corrected chi connectivity index (χ3v) is 3.15. The smallest absolute Gasteiger partial charge is 0.150 e. The topological polar surface area (TPSA) is 36.3 Å². The monoisotopic (exact) mass is 208 g/mol. The Morgan fingerprint density at radius 2 is 2.33 bits per heavy atom. The Hall–Kier alpha value is -0.870. The van der Waals surface area contributed by atoms with Gasteiger partial charge >= 0.3 is 0 Å². The van der Waals surface area contributed by atoms with Gasteiger partial charge in [-0.05, 0) is 19.3 Å². The quantitative estimate of drug-likeness (QED) is 0.704. The number of hydrogen-bond acceptors (Lipinski definition) is 3. The van der Waals surface area contributed by atoms with Crippen molar-refractivity contribution in [2.24, 2.45) is 0 Å². The van der Waals surface area contributed by atoms with E-state index in [0.29, 0.717) is 6.61 Å². The normalized spacial score (nSPS) is 26.3. The molecule has 0 spiro atoms. The highest BCUT2D eigenvalue weighted by atomic mass is 16.5. The van der Waals surface area contributed by atoms with E-state index in [-0.39, 0.29) is 6.23 Å². The summed E-state index contributed by atoms with van der Waals surface area (Å²) in [4.78, 5) is 0. The Morgan fingerprint density at radius 3 is 3.20 bits per heavy atom. The van der Waals surface area contributed by atoms with E-state index in [4.69, 9.17) is 9.47 Å². The molecule has 15 heavy (non-hydrogen) atoms. The number of fused-ring (bicyclic) bond motifs is 1. The Morgan fingerprint density at radius 1 is 1.33 bits per heavy atom. The zero-order valence-electron chi connectivity index (χ0n) is 8.82. The minimum atomic E-state index is 0.167. The van der Waals surface area contributed by atoms with Crippen LogP contribution in [0.2, 0.25) is 0 Å². The summed E-state index contributed by atoms with van der Waals surface area (Å²) < 4.78 is 13.2. The fourth-order valence-corrected chi connectivity index (χ4v) is 2.33. The van der Waals surface area contributed by atoms with E-state index in [2.05, 4.69) is 9.78 Å². The van der Waals surface area contributed by atoms with E-state index in [0.717, 1.165) is 26.1 Å². The maximum absolute atomic E-state index is 5.75. The van der Waals surface area contributed by atoms with E-state index >= 15 is 0 Å². The van der Waals surface area contributed by atoms with Gasteiger partial charge in [-0.1, -0.05) is 0 Å². The highest BCUT2D eigenvalue weighted by molar-refractivity contribution is 5.19. The van der Waals surface area contributed by atoms with Crippen LogP contribution in [0.4, 0.5) is 0 Å². The van der Waals surface area contributed by atoms with Gasteiger partial charge in [0.05, 0.1) is 19.4 Å². The summed E-state index contributed by atoms with van der Waals surface area (Å²) in [5.74, 6) is 0. The maximum Gasteiger partial charge on any atom is 0.150 e. The molecule has 2 aliphatic rings. The van der Waals surface area contributed by atoms with Crippen LogP contribution in [0.3, 0.4) is 0 Å². The molecule has 1 atom stereocenters. The average molecular weight is 208 g/mol. The van der Waals surface area contributed by atoms with Gasteiger partial charge in [-0.15, -0.1) is 0 Å². The van der Waals surface area contributed by atoms with Crippen molar-refractivity contribution in [2.45, 2.75) is 38.5 Å². The molecular formula is C11H16N2O2. The molecule has 3 rings (SSSR count). The predicted molar refractivity (Wildman–Crippen MR) is 54.4 cm³/mol. The first kappa shape index (κ1) is 9.36. The van der Waals surface area contributed by atoms with Gasteiger partial charge in [0.2, 0.25) is 0 Å². The highest BCUT2D eigenvalue weighted by Crippen LogP contribution is 2.26. The third-order valence-electron chi connectivity index (χ3n) is 3.15. The minimum Gasteiger partial charge on any atom is -0.376 e. The van der Waals surface area contributed by atoms with Gasteiger partial charge in [0.15, 0.2) is 0 Å². The molecule has 1 aromatic rings. The first-order valence-electron chi connectivity index (χ1n) is 5.70. The molecule has 0 amide bonds. The second kappa shape index (κ2) is 3.94. The molecule has 82 valence electrons. The third kappa shape index (κ3) is 1.68. The van der Waals surface area contributed by atoms with Crippen molar-refractivity contribution in [1.29, 1.82) is 0 Å². The Kier molecular flexibility index (Phi) is 2.46. The van der Waals surface area contributed by atoms with Crippen molar-refractivity contribution in [1.82, 2.24) is 9.78 Å². The molecule has 1 fully saturated rings. The predicted octanol–water partition coefficient (Wildman–Crippen LogP) is 1.65. The molecule has 0 bridgehead atoms. The summed E-state index contributed by atoms with van der Waals surface area (Å²) in [6.45, 7) is 2.39. The second-order valence-corrected chi connectivity index (χ2v) is 4.18. The lowest BCUT2D eigenvalue weighted by molar-refractivity contribution is -0.0423. The van der Waals surface area contributed by atoms with Gasteiger partial charge in [-0.2, -0.15) is 5.10 Å². The van der Waals surface area contributed by atoms with E-state index < -0.39 is 0 Å². The van der Waals surface area contributed by atoms with Crippen molar-refractivity contribution in [2.75, 3.05) is 13.2 Å². The number of ether oxygens (including phenoxy) is 2. The molecule has 3 heterocycles. The van der Waals surface area contributed by atoms with Crippen molar-refractivity contribution >= 4 is 0 Å². The molecule has 0 aromatic carbocycles. The Labute approximate surface area is 89.2 Å². The molecular weight excluding hydrogens is 192 g/mol. The SMILES string of the molecule is c1nn(C2CCCCO2)c2c1COCC2. The highest BCUT2D eigenvalue weighted by Gasteiger charge is 2.22. The van der Waals surface area contributed by atoms with Crippen LogP contribution >= 0.6 is 0 Å². The summed E-state index contributed by atoms with van der Waals surface area (Å²) in [5.41, 5.74) is 2.54. The van der Waals surface area contributed by atoms with Crippen LogP contribution in [0.25, 0.3) is 0 Å².